The Morgan fingerprint density at radius 1 is 0.976 bits per heavy atom. The highest BCUT2D eigenvalue weighted by molar-refractivity contribution is 5.96. The van der Waals surface area contributed by atoms with Gasteiger partial charge in [0.05, 0.1) is 5.56 Å². The van der Waals surface area contributed by atoms with E-state index in [-0.39, 0.29) is 23.8 Å². The normalized spacial score (nSPS) is 18.6. The van der Waals surface area contributed by atoms with Crippen molar-refractivity contribution in [3.63, 3.8) is 0 Å². The van der Waals surface area contributed by atoms with Gasteiger partial charge >= 0.3 is 12.3 Å². The molecule has 7 nitrogen and oxygen atoms in total. The molecule has 2 saturated heterocycles. The van der Waals surface area contributed by atoms with Crippen LogP contribution in [0.25, 0.3) is 11.0 Å². The highest BCUT2D eigenvalue weighted by Gasteiger charge is 2.32. The van der Waals surface area contributed by atoms with Crippen LogP contribution in [0.4, 0.5) is 23.7 Å². The van der Waals surface area contributed by atoms with E-state index in [0.29, 0.717) is 31.0 Å². The van der Waals surface area contributed by atoms with Crippen molar-refractivity contribution < 1.29 is 31.9 Å². The number of furan rings is 1. The van der Waals surface area contributed by atoms with E-state index in [9.17, 15) is 22.8 Å². The number of alkyl halides is 3. The summed E-state index contributed by atoms with van der Waals surface area (Å²) >= 11 is 0. The smallest absolute Gasteiger partial charge is 0.416 e. The third-order valence-electron chi connectivity index (χ3n) is 7.68. The molecule has 1 N–H and O–H groups in total. The summed E-state index contributed by atoms with van der Waals surface area (Å²) in [6, 6.07) is 12.9. The highest BCUT2D eigenvalue weighted by atomic mass is 19.4. The van der Waals surface area contributed by atoms with Crippen LogP contribution >= 0.6 is 0 Å². The minimum atomic E-state index is -4.33. The molecule has 1 atom stereocenters. The van der Waals surface area contributed by atoms with Gasteiger partial charge in [0.15, 0.2) is 5.76 Å². The van der Waals surface area contributed by atoms with Crippen LogP contribution in [-0.2, 0) is 17.3 Å². The Kier molecular flexibility index (Phi) is 7.94. The molecule has 2 aromatic carbocycles. The van der Waals surface area contributed by atoms with Gasteiger partial charge in [0.25, 0.3) is 5.91 Å². The molecule has 3 heterocycles. The van der Waals surface area contributed by atoms with E-state index in [2.05, 4.69) is 16.3 Å². The molecule has 0 radical (unpaired) electrons. The Morgan fingerprint density at radius 3 is 2.34 bits per heavy atom. The van der Waals surface area contributed by atoms with Gasteiger partial charge in [0.1, 0.15) is 11.2 Å². The second-order valence-electron chi connectivity index (χ2n) is 12.0. The third kappa shape index (κ3) is 7.15. The maximum Gasteiger partial charge on any atom is 0.416 e. The minimum absolute atomic E-state index is 0.174. The summed E-state index contributed by atoms with van der Waals surface area (Å²) in [5.41, 5.74) is 1.41. The first-order valence-electron chi connectivity index (χ1n) is 14.1. The van der Waals surface area contributed by atoms with Crippen molar-refractivity contribution in [1.82, 2.24) is 10.2 Å². The van der Waals surface area contributed by atoms with Crippen LogP contribution in [0, 0.1) is 5.92 Å². The lowest BCUT2D eigenvalue weighted by molar-refractivity contribution is -0.137. The van der Waals surface area contributed by atoms with E-state index in [1.165, 1.54) is 0 Å². The summed E-state index contributed by atoms with van der Waals surface area (Å²) in [5.74, 6) is 0.384. The number of nitrogens with zero attached hydrogens (tertiary/aromatic N) is 2. The van der Waals surface area contributed by atoms with Gasteiger partial charge in [0.2, 0.25) is 0 Å². The summed E-state index contributed by atoms with van der Waals surface area (Å²) in [4.78, 5) is 28.9. The summed E-state index contributed by atoms with van der Waals surface area (Å²) in [7, 11) is 0. The van der Waals surface area contributed by atoms with Gasteiger partial charge in [-0.05, 0) is 100 Å². The number of hydrogen-bond donors (Lipinski definition) is 1. The van der Waals surface area contributed by atoms with Gasteiger partial charge in [-0.15, -0.1) is 0 Å². The number of hydrogen-bond acceptors (Lipinski definition) is 5. The number of carbonyl (C=O) groups is 2. The fourth-order valence-electron chi connectivity index (χ4n) is 5.55. The molecule has 10 heteroatoms. The summed E-state index contributed by atoms with van der Waals surface area (Å²) in [6.45, 7) is 7.96. The average molecular weight is 572 g/mol. The maximum atomic E-state index is 12.9. The van der Waals surface area contributed by atoms with Gasteiger partial charge in [0, 0.05) is 43.3 Å². The van der Waals surface area contributed by atoms with Gasteiger partial charge in [-0.3, -0.25) is 4.79 Å². The van der Waals surface area contributed by atoms with Crippen molar-refractivity contribution in [2.45, 2.75) is 64.3 Å². The zero-order valence-electron chi connectivity index (χ0n) is 23.6. The first kappa shape index (κ1) is 28.8. The molecule has 41 heavy (non-hydrogen) atoms. The van der Waals surface area contributed by atoms with E-state index in [4.69, 9.17) is 9.15 Å². The van der Waals surface area contributed by atoms with Crippen molar-refractivity contribution >= 4 is 28.7 Å². The molecule has 2 aliphatic heterocycles. The fourth-order valence-corrected chi connectivity index (χ4v) is 5.55. The number of ether oxygens (including phenoxy) is 1. The van der Waals surface area contributed by atoms with E-state index in [1.807, 2.05) is 32.9 Å². The SMILES string of the molecule is CC(C)(C)OC(=O)N1CC[C@@H](NC(=O)c2cc3cc(CC4CCN(c5ccc(C(F)(F)F)cc5)CC4)ccc3o2)C1. The van der Waals surface area contributed by atoms with Crippen molar-refractivity contribution in [1.29, 1.82) is 0 Å². The Morgan fingerprint density at radius 2 is 1.68 bits per heavy atom. The molecule has 0 aliphatic carbocycles. The quantitative estimate of drug-likeness (QED) is 0.371. The zero-order chi connectivity index (χ0) is 29.4. The molecule has 0 spiro atoms. The number of amides is 2. The molecule has 0 bridgehead atoms. The van der Waals surface area contributed by atoms with E-state index in [1.54, 1.807) is 23.1 Å². The molecule has 2 fully saturated rings. The highest BCUT2D eigenvalue weighted by Crippen LogP contribution is 2.32. The van der Waals surface area contributed by atoms with Crippen LogP contribution < -0.4 is 10.2 Å². The first-order valence-corrected chi connectivity index (χ1v) is 14.1. The molecule has 1 aromatic heterocycles. The molecular formula is C31H36F3N3O4. The molecule has 0 unspecified atom stereocenters. The third-order valence-corrected chi connectivity index (χ3v) is 7.68. The van der Waals surface area contributed by atoms with Crippen LogP contribution in [0.1, 0.15) is 61.7 Å². The molecular weight excluding hydrogens is 535 g/mol. The number of benzene rings is 2. The monoisotopic (exact) mass is 571 g/mol. The Balaban J connectivity index is 1.13. The summed E-state index contributed by atoms with van der Waals surface area (Å²) in [6.07, 6.45) is -1.29. The predicted molar refractivity (Wildman–Crippen MR) is 150 cm³/mol. The van der Waals surface area contributed by atoms with Gasteiger partial charge < -0.3 is 24.3 Å². The molecule has 2 amide bonds. The second kappa shape index (κ2) is 11.3. The van der Waals surface area contributed by atoms with Crippen LogP contribution in [0.2, 0.25) is 0 Å². The Hall–Kier alpha value is -3.69. The minimum Gasteiger partial charge on any atom is -0.451 e. The topological polar surface area (TPSA) is 75.0 Å². The number of anilines is 1. The standard InChI is InChI=1S/C31H36F3N3O4/c1-30(2,3)41-29(39)37-15-12-24(19-37)35-28(38)27-18-22-17-21(4-9-26(22)40-27)16-20-10-13-36(14-11-20)25-7-5-23(6-8-25)31(32,33)34/h4-9,17-18,20,24H,10-16,19H2,1-3H3,(H,35,38)/t24-/m1/s1. The van der Waals surface area contributed by atoms with Crippen molar-refractivity contribution in [2.24, 2.45) is 5.92 Å². The van der Waals surface area contributed by atoms with Crippen LogP contribution in [0.5, 0.6) is 0 Å². The van der Waals surface area contributed by atoms with E-state index < -0.39 is 17.3 Å². The molecule has 220 valence electrons. The van der Waals surface area contributed by atoms with Crippen molar-refractivity contribution in [3.8, 4) is 0 Å². The summed E-state index contributed by atoms with van der Waals surface area (Å²) < 4.78 is 49.8. The number of carbonyl (C=O) groups excluding carboxylic acids is 2. The lowest BCUT2D eigenvalue weighted by Crippen LogP contribution is -2.40. The number of rotatable bonds is 5. The van der Waals surface area contributed by atoms with Gasteiger partial charge in [-0.2, -0.15) is 13.2 Å². The second-order valence-corrected chi connectivity index (χ2v) is 12.0. The Labute approximate surface area is 237 Å². The van der Waals surface area contributed by atoms with Crippen LogP contribution in [0.3, 0.4) is 0 Å². The van der Waals surface area contributed by atoms with Crippen LogP contribution in [0.15, 0.2) is 52.9 Å². The molecule has 2 aliphatic rings. The summed E-state index contributed by atoms with van der Waals surface area (Å²) in [5, 5.41) is 3.83. The lowest BCUT2D eigenvalue weighted by Gasteiger charge is -2.34. The number of halogens is 3. The van der Waals surface area contributed by atoms with Crippen molar-refractivity contribution in [2.75, 3.05) is 31.1 Å². The maximum absolute atomic E-state index is 12.9. The number of fused-ring (bicyclic) bond motifs is 1. The average Bonchev–Trinajstić information content (AvgIpc) is 3.55. The fraction of sp³-hybridized carbons (Fsp3) is 0.484. The van der Waals surface area contributed by atoms with E-state index >= 15 is 0 Å². The van der Waals surface area contributed by atoms with E-state index in [0.717, 1.165) is 61.1 Å². The molecule has 5 rings (SSSR count). The van der Waals surface area contributed by atoms with Crippen LogP contribution in [-0.4, -0.2) is 54.7 Å². The molecule has 0 saturated carbocycles. The zero-order valence-corrected chi connectivity index (χ0v) is 23.6. The predicted octanol–water partition coefficient (Wildman–Crippen LogP) is 6.65. The van der Waals surface area contributed by atoms with Crippen molar-refractivity contribution in [3.05, 3.63) is 65.4 Å². The number of nitrogens with one attached hydrogen (secondary N) is 1. The lowest BCUT2D eigenvalue weighted by atomic mass is 9.89. The largest absolute Gasteiger partial charge is 0.451 e. The number of piperidine rings is 1. The first-order chi connectivity index (χ1) is 19.3. The van der Waals surface area contributed by atoms with Gasteiger partial charge in [-0.1, -0.05) is 6.07 Å². The van der Waals surface area contributed by atoms with Gasteiger partial charge in [-0.25, -0.2) is 4.79 Å². The molecule has 3 aromatic rings. The Bertz CT molecular complexity index is 1390. The number of likely N-dealkylation sites (tertiary alicyclic amines) is 1.